The highest BCUT2D eigenvalue weighted by molar-refractivity contribution is 6.14. The maximum atomic E-state index is 12.9. The van der Waals surface area contributed by atoms with E-state index >= 15 is 0 Å². The van der Waals surface area contributed by atoms with Crippen LogP contribution in [0.1, 0.15) is 43.0 Å². The molecule has 180 valence electrons. The molecule has 1 N–H and O–H groups in total. The summed E-state index contributed by atoms with van der Waals surface area (Å²) < 4.78 is 5.18. The summed E-state index contributed by atoms with van der Waals surface area (Å²) in [6, 6.07) is 19.0. The lowest BCUT2D eigenvalue weighted by Crippen LogP contribution is -2.37. The van der Waals surface area contributed by atoms with Gasteiger partial charge in [0.1, 0.15) is 0 Å². The molecule has 0 aromatic heterocycles. The van der Waals surface area contributed by atoms with Crippen molar-refractivity contribution >= 4 is 29.3 Å². The van der Waals surface area contributed by atoms with Crippen LogP contribution in [0.15, 0.2) is 66.7 Å². The minimum atomic E-state index is -0.789. The molecule has 0 saturated heterocycles. The third-order valence-corrected chi connectivity index (χ3v) is 5.58. The van der Waals surface area contributed by atoms with Gasteiger partial charge in [0.05, 0.1) is 12.1 Å². The lowest BCUT2D eigenvalue weighted by atomic mass is 9.98. The van der Waals surface area contributed by atoms with Gasteiger partial charge < -0.3 is 15.0 Å². The molecule has 0 aliphatic rings. The topological polar surface area (TPSA) is 92.8 Å². The van der Waals surface area contributed by atoms with Crippen LogP contribution in [-0.2, 0) is 14.3 Å². The molecule has 7 heteroatoms. The third-order valence-electron chi connectivity index (χ3n) is 5.58. The van der Waals surface area contributed by atoms with Gasteiger partial charge in [-0.2, -0.15) is 0 Å². The number of nitrogens with zero attached hydrogens (tertiary/aromatic N) is 1. The van der Waals surface area contributed by atoms with E-state index in [2.05, 4.69) is 5.32 Å². The molecule has 0 radical (unpaired) electrons. The fraction of sp³-hybridized carbons (Fsp3) is 0.214. The zero-order chi connectivity index (χ0) is 25.5. The average Bonchev–Trinajstić information content (AvgIpc) is 2.84. The van der Waals surface area contributed by atoms with E-state index in [1.165, 1.54) is 18.0 Å². The molecule has 0 atom stereocenters. The van der Waals surface area contributed by atoms with Crippen LogP contribution in [0.2, 0.25) is 0 Å². The Morgan fingerprint density at radius 1 is 0.800 bits per heavy atom. The van der Waals surface area contributed by atoms with E-state index in [1.807, 2.05) is 51.1 Å². The fourth-order valence-electron chi connectivity index (χ4n) is 3.53. The minimum Gasteiger partial charge on any atom is -0.452 e. The van der Waals surface area contributed by atoms with Gasteiger partial charge in [0.15, 0.2) is 12.4 Å². The Morgan fingerprint density at radius 3 is 2.03 bits per heavy atom. The second kappa shape index (κ2) is 11.2. The minimum absolute atomic E-state index is 0.0706. The molecular formula is C28H28N2O5. The second-order valence-corrected chi connectivity index (χ2v) is 8.38. The van der Waals surface area contributed by atoms with Crippen molar-refractivity contribution in [2.45, 2.75) is 20.8 Å². The van der Waals surface area contributed by atoms with Gasteiger partial charge in [-0.15, -0.1) is 0 Å². The van der Waals surface area contributed by atoms with Crippen LogP contribution in [0, 0.1) is 20.8 Å². The van der Waals surface area contributed by atoms with Gasteiger partial charge >= 0.3 is 5.97 Å². The van der Waals surface area contributed by atoms with Crippen molar-refractivity contribution < 1.29 is 23.9 Å². The van der Waals surface area contributed by atoms with Crippen LogP contribution in [-0.4, -0.2) is 48.7 Å². The molecular weight excluding hydrogens is 444 g/mol. The highest BCUT2D eigenvalue weighted by Gasteiger charge is 2.21. The van der Waals surface area contributed by atoms with Crippen LogP contribution >= 0.6 is 0 Å². The van der Waals surface area contributed by atoms with E-state index < -0.39 is 18.5 Å². The summed E-state index contributed by atoms with van der Waals surface area (Å²) >= 11 is 0. The molecule has 3 rings (SSSR count). The summed E-state index contributed by atoms with van der Waals surface area (Å²) in [7, 11) is 1.45. The van der Waals surface area contributed by atoms with E-state index in [1.54, 1.807) is 30.3 Å². The van der Waals surface area contributed by atoms with E-state index in [4.69, 9.17) is 4.74 Å². The van der Waals surface area contributed by atoms with Crippen molar-refractivity contribution in [1.29, 1.82) is 0 Å². The number of carbonyl (C=O) groups is 4. The maximum Gasteiger partial charge on any atom is 0.339 e. The van der Waals surface area contributed by atoms with E-state index in [0.29, 0.717) is 11.3 Å². The maximum absolute atomic E-state index is 12.9. The first kappa shape index (κ1) is 25.4. The number of hydrogen-bond acceptors (Lipinski definition) is 5. The molecule has 2 amide bonds. The first-order chi connectivity index (χ1) is 16.7. The zero-order valence-electron chi connectivity index (χ0n) is 20.3. The highest BCUT2D eigenvalue weighted by Crippen LogP contribution is 2.19. The SMILES string of the molecule is Cc1ccc(C(=O)c2ccccc2C(=O)OCC(=O)N(C)CC(=O)Nc2c(C)cccc2C)cc1. The Kier molecular flexibility index (Phi) is 8.15. The Morgan fingerprint density at radius 2 is 1.40 bits per heavy atom. The molecule has 7 nitrogen and oxygen atoms in total. The van der Waals surface area contributed by atoms with Crippen LogP contribution < -0.4 is 5.32 Å². The van der Waals surface area contributed by atoms with E-state index in [9.17, 15) is 19.2 Å². The molecule has 0 heterocycles. The van der Waals surface area contributed by atoms with Crippen LogP contribution in [0.3, 0.4) is 0 Å². The van der Waals surface area contributed by atoms with Crippen molar-refractivity contribution in [1.82, 2.24) is 4.90 Å². The monoisotopic (exact) mass is 472 g/mol. The molecule has 0 spiro atoms. The molecule has 35 heavy (non-hydrogen) atoms. The normalized spacial score (nSPS) is 10.4. The van der Waals surface area contributed by atoms with Gasteiger partial charge in [-0.25, -0.2) is 4.79 Å². The number of para-hydroxylation sites is 1. The van der Waals surface area contributed by atoms with Gasteiger partial charge in [0.25, 0.3) is 5.91 Å². The van der Waals surface area contributed by atoms with Crippen molar-refractivity contribution in [2.75, 3.05) is 25.5 Å². The molecule has 0 aliphatic carbocycles. The van der Waals surface area contributed by atoms with Crippen molar-refractivity contribution in [3.8, 4) is 0 Å². The molecule has 0 aliphatic heterocycles. The van der Waals surface area contributed by atoms with E-state index in [0.717, 1.165) is 16.7 Å². The summed E-state index contributed by atoms with van der Waals surface area (Å²) in [6.07, 6.45) is 0. The molecule has 0 bridgehead atoms. The molecule has 3 aromatic rings. The largest absolute Gasteiger partial charge is 0.452 e. The highest BCUT2D eigenvalue weighted by atomic mass is 16.5. The van der Waals surface area contributed by atoms with Gasteiger partial charge in [-0.1, -0.05) is 66.2 Å². The summed E-state index contributed by atoms with van der Waals surface area (Å²) in [5.41, 5.74) is 4.26. The number of ketones is 1. The van der Waals surface area contributed by atoms with Crippen LogP contribution in [0.25, 0.3) is 0 Å². The summed E-state index contributed by atoms with van der Waals surface area (Å²) in [4.78, 5) is 51.7. The summed E-state index contributed by atoms with van der Waals surface area (Å²) in [6.45, 7) is 4.93. The number of ether oxygens (including phenoxy) is 1. The number of amides is 2. The van der Waals surface area contributed by atoms with Gasteiger partial charge in [0.2, 0.25) is 5.91 Å². The van der Waals surface area contributed by atoms with Crippen LogP contribution in [0.5, 0.6) is 0 Å². The molecule has 0 unspecified atom stereocenters. The Balaban J connectivity index is 1.60. The van der Waals surface area contributed by atoms with Crippen molar-refractivity contribution in [3.05, 3.63) is 100 Å². The smallest absolute Gasteiger partial charge is 0.339 e. The van der Waals surface area contributed by atoms with Gasteiger partial charge in [-0.05, 0) is 38.0 Å². The first-order valence-electron chi connectivity index (χ1n) is 11.1. The van der Waals surface area contributed by atoms with Crippen molar-refractivity contribution in [2.24, 2.45) is 0 Å². The number of carbonyl (C=O) groups excluding carboxylic acids is 4. The van der Waals surface area contributed by atoms with Gasteiger partial charge in [-0.3, -0.25) is 14.4 Å². The summed E-state index contributed by atoms with van der Waals surface area (Å²) in [5.74, 6) is -2.01. The number of hydrogen-bond donors (Lipinski definition) is 1. The third kappa shape index (κ3) is 6.41. The van der Waals surface area contributed by atoms with Crippen molar-refractivity contribution in [3.63, 3.8) is 0 Å². The first-order valence-corrected chi connectivity index (χ1v) is 11.1. The van der Waals surface area contributed by atoms with E-state index in [-0.39, 0.29) is 29.4 Å². The quantitative estimate of drug-likeness (QED) is 0.394. The zero-order valence-corrected chi connectivity index (χ0v) is 20.3. The number of aryl methyl sites for hydroxylation is 3. The molecule has 0 saturated carbocycles. The Labute approximate surface area is 204 Å². The predicted molar refractivity (Wildman–Crippen MR) is 134 cm³/mol. The Bertz CT molecular complexity index is 1240. The van der Waals surface area contributed by atoms with Gasteiger partial charge in [0, 0.05) is 23.9 Å². The molecule has 0 fully saturated rings. The lowest BCUT2D eigenvalue weighted by molar-refractivity contribution is -0.136. The summed E-state index contributed by atoms with van der Waals surface area (Å²) in [5, 5.41) is 2.82. The standard InChI is InChI=1S/C28H28N2O5/c1-18-12-14-21(15-13-18)27(33)22-10-5-6-11-23(22)28(34)35-17-25(32)30(4)16-24(31)29-26-19(2)8-7-9-20(26)3/h5-15H,16-17H2,1-4H3,(H,29,31). The van der Waals surface area contributed by atoms with Crippen LogP contribution in [0.4, 0.5) is 5.69 Å². The molecule has 3 aromatic carbocycles. The number of benzene rings is 3. The lowest BCUT2D eigenvalue weighted by Gasteiger charge is -2.18. The number of nitrogens with one attached hydrogen (secondary N) is 1. The average molecular weight is 473 g/mol. The number of esters is 1. The number of rotatable bonds is 8. The Hall–Kier alpha value is -4.26. The number of likely N-dealkylation sites (N-methyl/N-ethyl adjacent to an activating group) is 1. The number of anilines is 1. The predicted octanol–water partition coefficient (Wildman–Crippen LogP) is 4.10. The fourth-order valence-corrected chi connectivity index (χ4v) is 3.53. The second-order valence-electron chi connectivity index (χ2n) is 8.38.